The number of nitrogens with one attached hydrogen (secondary N) is 1. The van der Waals surface area contributed by atoms with Crippen molar-refractivity contribution in [2.45, 2.75) is 32.6 Å². The zero-order valence-electron chi connectivity index (χ0n) is 10.8. The Hall–Kier alpha value is -1.75. The first-order valence-corrected chi connectivity index (χ1v) is 6.34. The van der Waals surface area contributed by atoms with Gasteiger partial charge in [-0.05, 0) is 36.6 Å². The van der Waals surface area contributed by atoms with Crippen LogP contribution in [0.25, 0.3) is 10.9 Å². The summed E-state index contributed by atoms with van der Waals surface area (Å²) in [6, 6.07) is 6.96. The Kier molecular flexibility index (Phi) is 4.27. The van der Waals surface area contributed by atoms with Crippen LogP contribution >= 0.6 is 0 Å². The van der Waals surface area contributed by atoms with E-state index in [2.05, 4.69) is 17.3 Å². The van der Waals surface area contributed by atoms with E-state index in [0.29, 0.717) is 11.2 Å². The highest BCUT2D eigenvalue weighted by molar-refractivity contribution is 5.91. The molecule has 0 spiro atoms. The topological polar surface area (TPSA) is 50.9 Å². The van der Waals surface area contributed by atoms with Crippen LogP contribution in [0.2, 0.25) is 0 Å². The minimum atomic E-state index is -2.60. The van der Waals surface area contributed by atoms with E-state index in [0.717, 1.165) is 30.2 Å². The number of rotatable bonds is 5. The normalized spacial score (nSPS) is 11.2. The van der Waals surface area contributed by atoms with Crippen LogP contribution in [-0.4, -0.2) is 4.98 Å². The molecule has 5 heteroatoms. The van der Waals surface area contributed by atoms with E-state index >= 15 is 0 Å². The van der Waals surface area contributed by atoms with E-state index < -0.39 is 6.43 Å². The smallest absolute Gasteiger partial charge is 0.280 e. The lowest BCUT2D eigenvalue weighted by Gasteiger charge is -2.10. The van der Waals surface area contributed by atoms with Crippen molar-refractivity contribution in [1.82, 2.24) is 4.98 Å². The fourth-order valence-electron chi connectivity index (χ4n) is 2.06. The largest absolute Gasteiger partial charge is 0.323 e. The SMILES string of the molecule is CCCCc1ccc2nc(C(F)F)cc(NN)c2c1. The van der Waals surface area contributed by atoms with Crippen molar-refractivity contribution < 1.29 is 8.78 Å². The van der Waals surface area contributed by atoms with Gasteiger partial charge in [0.1, 0.15) is 5.69 Å². The third-order valence-electron chi connectivity index (χ3n) is 3.09. The number of hydrazine groups is 1. The minimum Gasteiger partial charge on any atom is -0.323 e. The van der Waals surface area contributed by atoms with Gasteiger partial charge in [-0.2, -0.15) is 0 Å². The van der Waals surface area contributed by atoms with Gasteiger partial charge in [0.2, 0.25) is 0 Å². The molecular weight excluding hydrogens is 248 g/mol. The number of unbranched alkanes of at least 4 members (excludes halogenated alkanes) is 1. The van der Waals surface area contributed by atoms with Gasteiger partial charge >= 0.3 is 0 Å². The maximum atomic E-state index is 12.7. The molecule has 0 amide bonds. The fraction of sp³-hybridized carbons (Fsp3) is 0.357. The van der Waals surface area contributed by atoms with Crippen LogP contribution in [0.4, 0.5) is 14.5 Å². The average molecular weight is 265 g/mol. The Morgan fingerprint density at radius 3 is 2.74 bits per heavy atom. The Labute approximate surface area is 110 Å². The summed E-state index contributed by atoms with van der Waals surface area (Å²) in [7, 11) is 0. The van der Waals surface area contributed by atoms with Gasteiger partial charge in [-0.3, -0.25) is 5.84 Å². The van der Waals surface area contributed by atoms with Crippen LogP contribution in [0, 0.1) is 0 Å². The number of alkyl halides is 2. The molecule has 0 saturated carbocycles. The number of anilines is 1. The van der Waals surface area contributed by atoms with E-state index in [1.54, 1.807) is 6.07 Å². The molecule has 1 aromatic heterocycles. The summed E-state index contributed by atoms with van der Waals surface area (Å²) in [6.45, 7) is 2.13. The van der Waals surface area contributed by atoms with Crippen molar-refractivity contribution in [1.29, 1.82) is 0 Å². The zero-order valence-corrected chi connectivity index (χ0v) is 10.8. The zero-order chi connectivity index (χ0) is 13.8. The highest BCUT2D eigenvalue weighted by atomic mass is 19.3. The molecule has 1 heterocycles. The van der Waals surface area contributed by atoms with Crippen LogP contribution in [0.15, 0.2) is 24.3 Å². The quantitative estimate of drug-likeness (QED) is 0.638. The Morgan fingerprint density at radius 1 is 1.32 bits per heavy atom. The fourth-order valence-corrected chi connectivity index (χ4v) is 2.06. The number of benzene rings is 1. The van der Waals surface area contributed by atoms with Gasteiger partial charge in [0.15, 0.2) is 0 Å². The lowest BCUT2D eigenvalue weighted by atomic mass is 10.0. The minimum absolute atomic E-state index is 0.262. The highest BCUT2D eigenvalue weighted by Crippen LogP contribution is 2.28. The summed E-state index contributed by atoms with van der Waals surface area (Å²) < 4.78 is 25.5. The highest BCUT2D eigenvalue weighted by Gasteiger charge is 2.13. The number of fused-ring (bicyclic) bond motifs is 1. The molecule has 3 N–H and O–H groups in total. The van der Waals surface area contributed by atoms with E-state index in [-0.39, 0.29) is 5.69 Å². The molecule has 0 bridgehead atoms. The van der Waals surface area contributed by atoms with Crippen molar-refractivity contribution >= 4 is 16.6 Å². The van der Waals surface area contributed by atoms with E-state index in [4.69, 9.17) is 5.84 Å². The summed E-state index contributed by atoms with van der Waals surface area (Å²) in [5.74, 6) is 5.41. The molecule has 2 rings (SSSR count). The number of pyridine rings is 1. The molecule has 1 aromatic carbocycles. The Balaban J connectivity index is 2.49. The molecule has 0 fully saturated rings. The van der Waals surface area contributed by atoms with Crippen LogP contribution < -0.4 is 11.3 Å². The third kappa shape index (κ3) is 2.98. The molecule has 0 radical (unpaired) electrons. The number of halogens is 2. The molecule has 102 valence electrons. The van der Waals surface area contributed by atoms with E-state index in [1.807, 2.05) is 12.1 Å². The van der Waals surface area contributed by atoms with Crippen LogP contribution in [0.5, 0.6) is 0 Å². The maximum absolute atomic E-state index is 12.7. The van der Waals surface area contributed by atoms with Gasteiger partial charge in [-0.1, -0.05) is 19.4 Å². The van der Waals surface area contributed by atoms with Crippen molar-refractivity contribution in [2.75, 3.05) is 5.43 Å². The van der Waals surface area contributed by atoms with Crippen LogP contribution in [-0.2, 0) is 6.42 Å². The predicted molar refractivity (Wildman–Crippen MR) is 73.1 cm³/mol. The van der Waals surface area contributed by atoms with Gasteiger partial charge < -0.3 is 5.43 Å². The standard InChI is InChI=1S/C14H17F2N3/c1-2-3-4-9-5-6-11-10(7-9)12(19-17)8-13(18-11)14(15)16/h5-8,14H,2-4,17H2,1H3,(H,18,19). The lowest BCUT2D eigenvalue weighted by molar-refractivity contribution is 0.146. The molecule has 3 nitrogen and oxygen atoms in total. The molecule has 0 unspecified atom stereocenters. The average Bonchev–Trinajstić information content (AvgIpc) is 2.43. The number of aromatic nitrogens is 1. The number of nitrogens with zero attached hydrogens (tertiary/aromatic N) is 1. The molecule has 0 aliphatic heterocycles. The first-order chi connectivity index (χ1) is 9.15. The summed E-state index contributed by atoms with van der Waals surface area (Å²) in [5.41, 5.74) is 4.40. The number of aryl methyl sites for hydroxylation is 1. The number of hydrogen-bond acceptors (Lipinski definition) is 3. The van der Waals surface area contributed by atoms with Crippen molar-refractivity contribution in [3.05, 3.63) is 35.5 Å². The van der Waals surface area contributed by atoms with Crippen LogP contribution in [0.1, 0.15) is 37.4 Å². The van der Waals surface area contributed by atoms with Gasteiger partial charge in [-0.15, -0.1) is 0 Å². The van der Waals surface area contributed by atoms with Gasteiger partial charge in [-0.25, -0.2) is 13.8 Å². The molecule has 2 aromatic rings. The van der Waals surface area contributed by atoms with Crippen molar-refractivity contribution in [2.24, 2.45) is 5.84 Å². The molecule has 0 atom stereocenters. The van der Waals surface area contributed by atoms with E-state index in [1.165, 1.54) is 6.07 Å². The molecule has 0 aliphatic rings. The number of nitrogen functional groups attached to an aromatic ring is 1. The molecule has 0 saturated heterocycles. The molecular formula is C14H17F2N3. The van der Waals surface area contributed by atoms with E-state index in [9.17, 15) is 8.78 Å². The van der Waals surface area contributed by atoms with Crippen LogP contribution in [0.3, 0.4) is 0 Å². The Morgan fingerprint density at radius 2 is 2.11 bits per heavy atom. The third-order valence-corrected chi connectivity index (χ3v) is 3.09. The van der Waals surface area contributed by atoms with Gasteiger partial charge in [0.05, 0.1) is 11.2 Å². The Bertz CT molecular complexity index is 570. The molecule has 19 heavy (non-hydrogen) atoms. The van der Waals surface area contributed by atoms with Gasteiger partial charge in [0, 0.05) is 5.39 Å². The summed E-state index contributed by atoms with van der Waals surface area (Å²) >= 11 is 0. The molecule has 0 aliphatic carbocycles. The van der Waals surface area contributed by atoms with Gasteiger partial charge in [0.25, 0.3) is 6.43 Å². The second-order valence-corrected chi connectivity index (χ2v) is 4.49. The lowest BCUT2D eigenvalue weighted by Crippen LogP contribution is -2.08. The predicted octanol–water partition coefficient (Wildman–Crippen LogP) is 3.80. The first-order valence-electron chi connectivity index (χ1n) is 6.34. The first kappa shape index (κ1) is 13.7. The number of hydrogen-bond donors (Lipinski definition) is 2. The summed E-state index contributed by atoms with van der Waals surface area (Å²) in [4.78, 5) is 3.96. The summed E-state index contributed by atoms with van der Waals surface area (Å²) in [6.07, 6.45) is 0.575. The van der Waals surface area contributed by atoms with Crippen molar-refractivity contribution in [3.8, 4) is 0 Å². The number of nitrogens with two attached hydrogens (primary N) is 1. The summed E-state index contributed by atoms with van der Waals surface area (Å²) in [5, 5.41) is 0.778. The second kappa shape index (κ2) is 5.93. The maximum Gasteiger partial charge on any atom is 0.280 e. The monoisotopic (exact) mass is 265 g/mol. The van der Waals surface area contributed by atoms with Crippen molar-refractivity contribution in [3.63, 3.8) is 0 Å². The second-order valence-electron chi connectivity index (χ2n) is 4.49.